The molecule has 0 radical (unpaired) electrons. The minimum absolute atomic E-state index is 0.0201. The van der Waals surface area contributed by atoms with Crippen LogP contribution in [0.5, 0.6) is 0 Å². The summed E-state index contributed by atoms with van der Waals surface area (Å²) in [5, 5.41) is 18.0. The molecular weight excluding hydrogens is 381 g/mol. The highest BCUT2D eigenvalue weighted by Gasteiger charge is 2.17. The Morgan fingerprint density at radius 3 is 2.54 bits per heavy atom. The monoisotopic (exact) mass is 391 g/mol. The van der Waals surface area contributed by atoms with Crippen molar-refractivity contribution in [3.8, 4) is 5.69 Å². The summed E-state index contributed by atoms with van der Waals surface area (Å²) in [4.78, 5) is 26.7. The highest BCUT2D eigenvalue weighted by atomic mass is 35.5. The highest BCUT2D eigenvalue weighted by molar-refractivity contribution is 6.35. The highest BCUT2D eigenvalue weighted by Crippen LogP contribution is 2.22. The van der Waals surface area contributed by atoms with Crippen LogP contribution >= 0.6 is 23.2 Å². The molecule has 3 aromatic rings. The maximum absolute atomic E-state index is 12.5. The van der Waals surface area contributed by atoms with Crippen LogP contribution in [-0.4, -0.2) is 25.6 Å². The number of nitro groups is 1. The topological polar surface area (TPSA) is 103 Å². The molecule has 0 aliphatic carbocycles. The number of benzene rings is 1. The Bertz CT molecular complexity index is 1000. The molecule has 1 N–H and O–H groups in total. The summed E-state index contributed by atoms with van der Waals surface area (Å²) in [5.74, 6) is -0.195. The van der Waals surface area contributed by atoms with Crippen LogP contribution in [0.1, 0.15) is 16.2 Å². The number of amides is 1. The molecule has 0 aliphatic heterocycles. The van der Waals surface area contributed by atoms with E-state index in [2.05, 4.69) is 15.4 Å². The van der Waals surface area contributed by atoms with E-state index in [1.165, 1.54) is 41.1 Å². The van der Waals surface area contributed by atoms with Crippen LogP contribution in [0.3, 0.4) is 0 Å². The summed E-state index contributed by atoms with van der Waals surface area (Å²) < 4.78 is 1.45. The predicted molar refractivity (Wildman–Crippen MR) is 97.2 cm³/mol. The summed E-state index contributed by atoms with van der Waals surface area (Å²) in [6, 6.07) is 10.4. The van der Waals surface area contributed by atoms with Crippen LogP contribution in [-0.2, 0) is 0 Å². The van der Waals surface area contributed by atoms with E-state index in [1.807, 2.05) is 0 Å². The average Bonchev–Trinajstić information content (AvgIpc) is 2.97. The van der Waals surface area contributed by atoms with E-state index in [1.54, 1.807) is 13.0 Å². The van der Waals surface area contributed by atoms with Crippen LogP contribution in [0.15, 0.2) is 42.5 Å². The maximum atomic E-state index is 12.5. The summed E-state index contributed by atoms with van der Waals surface area (Å²) in [7, 11) is 0. The van der Waals surface area contributed by atoms with Gasteiger partial charge in [0.05, 0.1) is 21.3 Å². The van der Waals surface area contributed by atoms with Crippen molar-refractivity contribution in [3.63, 3.8) is 0 Å². The molecule has 3 rings (SSSR count). The number of aryl methyl sites for hydroxylation is 1. The maximum Gasteiger partial charge on any atom is 0.277 e. The minimum atomic E-state index is -0.555. The van der Waals surface area contributed by atoms with Crippen molar-refractivity contribution in [3.05, 3.63) is 74.1 Å². The largest absolute Gasteiger partial charge is 0.305 e. The molecule has 2 aromatic heterocycles. The lowest BCUT2D eigenvalue weighted by Crippen LogP contribution is -2.17. The second-order valence-electron chi connectivity index (χ2n) is 5.27. The van der Waals surface area contributed by atoms with Crippen LogP contribution in [0.25, 0.3) is 5.69 Å². The van der Waals surface area contributed by atoms with E-state index in [0.717, 1.165) is 0 Å². The number of nitrogens with one attached hydrogen (secondary N) is 1. The number of non-ortho nitro benzene ring substituents is 1. The fourth-order valence-electron chi connectivity index (χ4n) is 2.25. The fraction of sp³-hybridized carbons (Fsp3) is 0.0625. The van der Waals surface area contributed by atoms with E-state index >= 15 is 0 Å². The van der Waals surface area contributed by atoms with Gasteiger partial charge in [-0.1, -0.05) is 23.2 Å². The van der Waals surface area contributed by atoms with Crippen molar-refractivity contribution in [1.82, 2.24) is 14.8 Å². The third-order valence-corrected chi connectivity index (χ3v) is 3.92. The van der Waals surface area contributed by atoms with Crippen LogP contribution in [0.4, 0.5) is 11.5 Å². The molecule has 8 nitrogen and oxygen atoms in total. The second-order valence-corrected chi connectivity index (χ2v) is 6.07. The number of pyridine rings is 1. The van der Waals surface area contributed by atoms with Gasteiger partial charge in [-0.25, -0.2) is 9.67 Å². The Morgan fingerprint density at radius 1 is 1.19 bits per heavy atom. The van der Waals surface area contributed by atoms with Crippen molar-refractivity contribution in [1.29, 1.82) is 0 Å². The molecule has 0 spiro atoms. The van der Waals surface area contributed by atoms with Gasteiger partial charge in [-0.15, -0.1) is 0 Å². The summed E-state index contributed by atoms with van der Waals surface area (Å²) >= 11 is 11.8. The van der Waals surface area contributed by atoms with Gasteiger partial charge in [-0.3, -0.25) is 14.9 Å². The van der Waals surface area contributed by atoms with Gasteiger partial charge in [-0.05, 0) is 31.2 Å². The molecule has 1 aromatic carbocycles. The van der Waals surface area contributed by atoms with Crippen LogP contribution in [0.2, 0.25) is 10.2 Å². The summed E-state index contributed by atoms with van der Waals surface area (Å²) in [5.41, 5.74) is 1.12. The first kappa shape index (κ1) is 17.8. The molecule has 0 aliphatic rings. The van der Waals surface area contributed by atoms with Crippen molar-refractivity contribution in [2.75, 3.05) is 5.32 Å². The number of aromatic nitrogens is 3. The zero-order chi connectivity index (χ0) is 18.8. The van der Waals surface area contributed by atoms with Crippen molar-refractivity contribution < 1.29 is 9.72 Å². The van der Waals surface area contributed by atoms with Crippen molar-refractivity contribution >= 4 is 40.6 Å². The third kappa shape index (κ3) is 3.66. The normalized spacial score (nSPS) is 10.6. The number of nitro benzene ring substituents is 1. The standard InChI is InChI=1S/C16H11Cl2N5O3/c1-9-8-14(20-16(24)15-12(17)6-7-13(18)19-15)22(21-9)10-2-4-11(5-3-10)23(25)26/h2-8H,1H3,(H,20,24). The molecule has 0 saturated carbocycles. The molecule has 1 amide bonds. The quantitative estimate of drug-likeness (QED) is 0.410. The Labute approximate surface area is 157 Å². The third-order valence-electron chi connectivity index (χ3n) is 3.41. The molecule has 0 bridgehead atoms. The molecule has 132 valence electrons. The van der Waals surface area contributed by atoms with Gasteiger partial charge < -0.3 is 5.32 Å². The van der Waals surface area contributed by atoms with Gasteiger partial charge in [-0.2, -0.15) is 5.10 Å². The Morgan fingerprint density at radius 2 is 1.88 bits per heavy atom. The predicted octanol–water partition coefficient (Wildman–Crippen LogP) is 4.04. The number of rotatable bonds is 4. The van der Waals surface area contributed by atoms with Gasteiger partial charge >= 0.3 is 0 Å². The van der Waals surface area contributed by atoms with Crippen molar-refractivity contribution in [2.24, 2.45) is 0 Å². The van der Waals surface area contributed by atoms with E-state index in [0.29, 0.717) is 17.2 Å². The van der Waals surface area contributed by atoms with Gasteiger partial charge in [0.1, 0.15) is 16.7 Å². The van der Waals surface area contributed by atoms with E-state index in [-0.39, 0.29) is 21.6 Å². The van der Waals surface area contributed by atoms with E-state index < -0.39 is 10.8 Å². The average molecular weight is 392 g/mol. The Balaban J connectivity index is 1.93. The number of hydrogen-bond acceptors (Lipinski definition) is 5. The number of anilines is 1. The molecule has 0 unspecified atom stereocenters. The molecule has 0 atom stereocenters. The number of nitrogens with zero attached hydrogens (tertiary/aromatic N) is 4. The summed E-state index contributed by atoms with van der Waals surface area (Å²) in [6.45, 7) is 1.75. The lowest BCUT2D eigenvalue weighted by atomic mass is 10.3. The fourth-order valence-corrected chi connectivity index (χ4v) is 2.59. The van der Waals surface area contributed by atoms with E-state index in [4.69, 9.17) is 23.2 Å². The number of hydrogen-bond donors (Lipinski definition) is 1. The van der Waals surface area contributed by atoms with Gasteiger partial charge in [0.15, 0.2) is 0 Å². The Hall–Kier alpha value is -2.97. The molecule has 0 saturated heterocycles. The first-order valence-electron chi connectivity index (χ1n) is 7.30. The van der Waals surface area contributed by atoms with Crippen molar-refractivity contribution in [2.45, 2.75) is 6.92 Å². The minimum Gasteiger partial charge on any atom is -0.305 e. The lowest BCUT2D eigenvalue weighted by molar-refractivity contribution is -0.384. The van der Waals surface area contributed by atoms with Crippen LogP contribution in [0, 0.1) is 17.0 Å². The molecular formula is C16H11Cl2N5O3. The zero-order valence-electron chi connectivity index (χ0n) is 13.3. The number of halogens is 2. The molecule has 0 fully saturated rings. The van der Waals surface area contributed by atoms with Crippen LogP contribution < -0.4 is 5.32 Å². The lowest BCUT2D eigenvalue weighted by Gasteiger charge is -2.09. The zero-order valence-corrected chi connectivity index (χ0v) is 14.8. The second kappa shape index (κ2) is 7.11. The first-order valence-corrected chi connectivity index (χ1v) is 8.05. The number of carbonyl (C=O) groups excluding carboxylic acids is 1. The molecule has 2 heterocycles. The SMILES string of the molecule is Cc1cc(NC(=O)c2nc(Cl)ccc2Cl)n(-c2ccc([N+](=O)[O-])cc2)n1. The number of carbonyl (C=O) groups is 1. The Kier molecular flexibility index (Phi) is 4.88. The first-order chi connectivity index (χ1) is 12.3. The van der Waals surface area contributed by atoms with Gasteiger partial charge in [0.2, 0.25) is 0 Å². The van der Waals surface area contributed by atoms with Gasteiger partial charge in [0, 0.05) is 18.2 Å². The smallest absolute Gasteiger partial charge is 0.277 e. The molecule has 26 heavy (non-hydrogen) atoms. The van der Waals surface area contributed by atoms with Gasteiger partial charge in [0.25, 0.3) is 11.6 Å². The summed E-state index contributed by atoms with van der Waals surface area (Å²) in [6.07, 6.45) is 0. The molecule has 10 heteroatoms. The van der Waals surface area contributed by atoms with E-state index in [9.17, 15) is 14.9 Å².